The Morgan fingerprint density at radius 2 is 1.41 bits per heavy atom. The summed E-state index contributed by atoms with van der Waals surface area (Å²) in [6.45, 7) is 3.08. The van der Waals surface area contributed by atoms with Gasteiger partial charge in [-0.15, -0.1) is 0 Å². The molecule has 1 saturated carbocycles. The fourth-order valence-electron chi connectivity index (χ4n) is 5.70. The lowest BCUT2D eigenvalue weighted by Crippen LogP contribution is -2.55. The molecular formula is C31H35N3O3. The first-order chi connectivity index (χ1) is 18.0. The lowest BCUT2D eigenvalue weighted by atomic mass is 9.88. The van der Waals surface area contributed by atoms with Gasteiger partial charge in [-0.05, 0) is 67.1 Å². The lowest BCUT2D eigenvalue weighted by Gasteiger charge is -2.36. The Hall–Kier alpha value is -3.67. The van der Waals surface area contributed by atoms with Gasteiger partial charge in [0.2, 0.25) is 5.91 Å². The van der Waals surface area contributed by atoms with E-state index in [9.17, 15) is 14.4 Å². The zero-order valence-corrected chi connectivity index (χ0v) is 21.4. The van der Waals surface area contributed by atoms with E-state index in [1.54, 1.807) is 0 Å². The van der Waals surface area contributed by atoms with Gasteiger partial charge in [-0.2, -0.15) is 0 Å². The highest BCUT2D eigenvalue weighted by molar-refractivity contribution is 5.99. The number of likely N-dealkylation sites (tertiary alicyclic amines) is 1. The average Bonchev–Trinajstić information content (AvgIpc) is 2.93. The second-order valence-corrected chi connectivity index (χ2v) is 10.4. The van der Waals surface area contributed by atoms with Crippen LogP contribution < -0.4 is 10.6 Å². The quantitative estimate of drug-likeness (QED) is 0.529. The lowest BCUT2D eigenvalue weighted by molar-refractivity contribution is -0.127. The van der Waals surface area contributed by atoms with E-state index in [-0.39, 0.29) is 35.7 Å². The molecule has 6 heteroatoms. The number of aryl methyl sites for hydroxylation is 1. The summed E-state index contributed by atoms with van der Waals surface area (Å²) in [5, 5.41) is 8.60. The van der Waals surface area contributed by atoms with E-state index in [2.05, 4.69) is 10.6 Å². The van der Waals surface area contributed by atoms with Gasteiger partial charge in [0.05, 0.1) is 0 Å². The van der Waals surface area contributed by atoms with Gasteiger partial charge in [-0.3, -0.25) is 14.4 Å². The number of nitrogens with zero attached hydrogens (tertiary/aromatic N) is 1. The van der Waals surface area contributed by atoms with Gasteiger partial charge < -0.3 is 15.5 Å². The maximum atomic E-state index is 13.2. The predicted molar refractivity (Wildman–Crippen MR) is 145 cm³/mol. The summed E-state index contributed by atoms with van der Waals surface area (Å²) in [5.74, 6) is -0.129. The minimum Gasteiger partial charge on any atom is -0.351 e. The maximum absolute atomic E-state index is 13.2. The van der Waals surface area contributed by atoms with Crippen LogP contribution in [0.15, 0.2) is 66.7 Å². The van der Waals surface area contributed by atoms with Crippen molar-refractivity contribution in [2.24, 2.45) is 5.92 Å². The minimum absolute atomic E-state index is 0.0240. The van der Waals surface area contributed by atoms with Gasteiger partial charge in [0, 0.05) is 42.2 Å². The van der Waals surface area contributed by atoms with Gasteiger partial charge in [0.15, 0.2) is 0 Å². The molecule has 2 aliphatic rings. The van der Waals surface area contributed by atoms with Crippen molar-refractivity contribution in [2.45, 2.75) is 57.5 Å². The summed E-state index contributed by atoms with van der Waals surface area (Å²) in [6.07, 6.45) is 5.11. The summed E-state index contributed by atoms with van der Waals surface area (Å²) in [5.41, 5.74) is 2.32. The molecule has 37 heavy (non-hydrogen) atoms. The highest BCUT2D eigenvalue weighted by atomic mass is 16.2. The van der Waals surface area contributed by atoms with Crippen LogP contribution in [-0.4, -0.2) is 47.8 Å². The zero-order valence-electron chi connectivity index (χ0n) is 21.4. The fraction of sp³-hybridized carbons (Fsp3) is 0.387. The third-order valence-corrected chi connectivity index (χ3v) is 7.95. The van der Waals surface area contributed by atoms with Crippen LogP contribution in [0.25, 0.3) is 10.8 Å². The zero-order chi connectivity index (χ0) is 25.8. The third kappa shape index (κ3) is 5.68. The van der Waals surface area contributed by atoms with E-state index in [4.69, 9.17) is 0 Å². The number of amides is 3. The highest BCUT2D eigenvalue weighted by Gasteiger charge is 2.33. The Labute approximate surface area is 218 Å². The number of hydrogen-bond donors (Lipinski definition) is 2. The van der Waals surface area contributed by atoms with Crippen LogP contribution in [-0.2, 0) is 4.79 Å². The van der Waals surface area contributed by atoms with E-state index >= 15 is 0 Å². The first-order valence-corrected chi connectivity index (χ1v) is 13.4. The molecule has 1 saturated heterocycles. The Kier molecular flexibility index (Phi) is 7.54. The molecule has 0 unspecified atom stereocenters. The Morgan fingerprint density at radius 3 is 2.14 bits per heavy atom. The van der Waals surface area contributed by atoms with Crippen LogP contribution in [0.2, 0.25) is 0 Å². The van der Waals surface area contributed by atoms with Crippen molar-refractivity contribution >= 4 is 28.5 Å². The predicted octanol–water partition coefficient (Wildman–Crippen LogP) is 4.86. The topological polar surface area (TPSA) is 78.5 Å². The first kappa shape index (κ1) is 25.0. The molecule has 1 aliphatic carbocycles. The van der Waals surface area contributed by atoms with Gasteiger partial charge >= 0.3 is 0 Å². The van der Waals surface area contributed by atoms with E-state index in [0.717, 1.165) is 42.0 Å². The molecule has 6 nitrogen and oxygen atoms in total. The summed E-state index contributed by atoms with van der Waals surface area (Å²) in [6, 6.07) is 21.3. The van der Waals surface area contributed by atoms with Gasteiger partial charge in [-0.25, -0.2) is 0 Å². The van der Waals surface area contributed by atoms with Crippen LogP contribution in [0.5, 0.6) is 0 Å². The molecule has 0 spiro atoms. The molecule has 3 amide bonds. The van der Waals surface area contributed by atoms with Crippen LogP contribution in [0.4, 0.5) is 0 Å². The number of carbonyl (C=O) groups is 3. The van der Waals surface area contributed by atoms with Crippen molar-refractivity contribution in [3.63, 3.8) is 0 Å². The molecular weight excluding hydrogens is 462 g/mol. The average molecular weight is 498 g/mol. The molecule has 0 aromatic heterocycles. The normalized spacial score (nSPS) is 20.4. The van der Waals surface area contributed by atoms with Crippen molar-refractivity contribution in [3.8, 4) is 0 Å². The molecule has 3 aromatic rings. The number of piperidine rings is 1. The molecule has 0 radical (unpaired) electrons. The SMILES string of the molecule is Cc1ccccc1C(=O)N[C@@H]1CCCC[C@H]1NC(=O)C1CCN(C(=O)c2ccc3ccccc3c2)CC1. The molecule has 1 aliphatic heterocycles. The summed E-state index contributed by atoms with van der Waals surface area (Å²) >= 11 is 0. The van der Waals surface area contributed by atoms with Gasteiger partial charge in [0.25, 0.3) is 11.8 Å². The van der Waals surface area contributed by atoms with Crippen LogP contribution in [0.1, 0.15) is 64.8 Å². The molecule has 2 fully saturated rings. The Bertz CT molecular complexity index is 1300. The Morgan fingerprint density at radius 1 is 0.757 bits per heavy atom. The minimum atomic E-state index is -0.115. The van der Waals surface area contributed by atoms with E-state index in [1.807, 2.05) is 78.6 Å². The number of carbonyl (C=O) groups excluding carboxylic acids is 3. The number of fused-ring (bicyclic) bond motifs is 1. The number of benzene rings is 3. The van der Waals surface area contributed by atoms with Crippen LogP contribution in [0, 0.1) is 12.8 Å². The number of nitrogens with one attached hydrogen (secondary N) is 2. The highest BCUT2D eigenvalue weighted by Crippen LogP contribution is 2.24. The number of rotatable bonds is 5. The summed E-state index contributed by atoms with van der Waals surface area (Å²) < 4.78 is 0. The molecule has 0 bridgehead atoms. The van der Waals surface area contributed by atoms with Crippen molar-refractivity contribution in [1.82, 2.24) is 15.5 Å². The van der Waals surface area contributed by atoms with E-state index in [1.165, 1.54) is 0 Å². The molecule has 3 aromatic carbocycles. The molecule has 192 valence electrons. The third-order valence-electron chi connectivity index (χ3n) is 7.95. The number of hydrogen-bond acceptors (Lipinski definition) is 3. The van der Waals surface area contributed by atoms with Crippen LogP contribution >= 0.6 is 0 Å². The van der Waals surface area contributed by atoms with Crippen LogP contribution in [0.3, 0.4) is 0 Å². The van der Waals surface area contributed by atoms with E-state index in [0.29, 0.717) is 37.1 Å². The summed E-state index contributed by atoms with van der Waals surface area (Å²) in [7, 11) is 0. The Balaban J connectivity index is 1.16. The van der Waals surface area contributed by atoms with Crippen molar-refractivity contribution in [1.29, 1.82) is 0 Å². The van der Waals surface area contributed by atoms with Gasteiger partial charge in [0.1, 0.15) is 0 Å². The second kappa shape index (κ2) is 11.2. The van der Waals surface area contributed by atoms with Gasteiger partial charge in [-0.1, -0.05) is 61.4 Å². The molecule has 1 heterocycles. The monoisotopic (exact) mass is 497 g/mol. The standard InChI is InChI=1S/C31H35N3O3/c1-21-8-2-5-11-26(21)30(36)33-28-13-7-6-12-27(28)32-29(35)23-16-18-34(19-17-23)31(37)25-15-14-22-9-3-4-10-24(22)20-25/h2-5,8-11,14-15,20,23,27-28H,6-7,12-13,16-19H2,1H3,(H,32,35)(H,33,36)/t27-,28-/m1/s1. The molecule has 5 rings (SSSR count). The van der Waals surface area contributed by atoms with Crippen molar-refractivity contribution in [3.05, 3.63) is 83.4 Å². The molecule has 2 N–H and O–H groups in total. The second-order valence-electron chi connectivity index (χ2n) is 10.4. The maximum Gasteiger partial charge on any atom is 0.253 e. The fourth-order valence-corrected chi connectivity index (χ4v) is 5.70. The largest absolute Gasteiger partial charge is 0.351 e. The van der Waals surface area contributed by atoms with E-state index < -0.39 is 0 Å². The summed E-state index contributed by atoms with van der Waals surface area (Å²) in [4.78, 5) is 41.1. The van der Waals surface area contributed by atoms with Crippen molar-refractivity contribution < 1.29 is 14.4 Å². The molecule has 2 atom stereocenters. The van der Waals surface area contributed by atoms with Crippen molar-refractivity contribution in [2.75, 3.05) is 13.1 Å². The first-order valence-electron chi connectivity index (χ1n) is 13.4. The smallest absolute Gasteiger partial charge is 0.253 e.